The first-order chi connectivity index (χ1) is 15.7. The standard InChI is InChI=1S/C24H38N4O5/c1-7-11-25-24(31)26-18-9-10-19-20(12-18)33-15-17(4)28(22(29)8-2)13-16(3)21(32-6)14-27(5)23(19)30/h9-10,12,16-17,21H,7-8,11,13-15H2,1-6H3,(H2,25,26,31)/t16-,17+,21-/m0/s1. The van der Waals surface area contributed by atoms with Gasteiger partial charge in [-0.2, -0.15) is 0 Å². The van der Waals surface area contributed by atoms with Gasteiger partial charge in [0.2, 0.25) is 5.91 Å². The van der Waals surface area contributed by atoms with E-state index < -0.39 is 0 Å². The number of nitrogens with zero attached hydrogens (tertiary/aromatic N) is 2. The number of benzene rings is 1. The number of methoxy groups -OCH3 is 1. The number of carbonyl (C=O) groups is 3. The molecule has 9 heteroatoms. The fraction of sp³-hybridized carbons (Fsp3) is 0.625. The highest BCUT2D eigenvalue weighted by Gasteiger charge is 2.29. The van der Waals surface area contributed by atoms with E-state index in [0.717, 1.165) is 6.42 Å². The molecule has 0 fully saturated rings. The van der Waals surface area contributed by atoms with Gasteiger partial charge in [0.25, 0.3) is 5.91 Å². The van der Waals surface area contributed by atoms with Crippen LogP contribution >= 0.6 is 0 Å². The highest BCUT2D eigenvalue weighted by Crippen LogP contribution is 2.27. The minimum absolute atomic E-state index is 0.0234. The zero-order valence-corrected chi connectivity index (χ0v) is 20.6. The van der Waals surface area contributed by atoms with Crippen molar-refractivity contribution in [2.24, 2.45) is 5.92 Å². The van der Waals surface area contributed by atoms with E-state index in [0.29, 0.717) is 43.1 Å². The molecule has 0 radical (unpaired) electrons. The molecule has 0 spiro atoms. The molecule has 0 aliphatic carbocycles. The van der Waals surface area contributed by atoms with Gasteiger partial charge in [-0.15, -0.1) is 0 Å². The van der Waals surface area contributed by atoms with Crippen LogP contribution in [-0.2, 0) is 9.53 Å². The number of rotatable bonds is 5. The van der Waals surface area contributed by atoms with Crippen molar-refractivity contribution in [1.82, 2.24) is 15.1 Å². The molecule has 0 saturated heterocycles. The molecule has 0 saturated carbocycles. The number of urea groups is 1. The number of nitrogens with one attached hydrogen (secondary N) is 2. The zero-order chi connectivity index (χ0) is 24.5. The van der Waals surface area contributed by atoms with E-state index in [2.05, 4.69) is 10.6 Å². The third-order valence-corrected chi connectivity index (χ3v) is 5.86. The van der Waals surface area contributed by atoms with Gasteiger partial charge in [-0.1, -0.05) is 20.8 Å². The van der Waals surface area contributed by atoms with Crippen LogP contribution in [0.5, 0.6) is 5.75 Å². The molecule has 33 heavy (non-hydrogen) atoms. The minimum atomic E-state index is -0.321. The predicted molar refractivity (Wildman–Crippen MR) is 128 cm³/mol. The van der Waals surface area contributed by atoms with Gasteiger partial charge < -0.3 is 29.9 Å². The Hall–Kier alpha value is -2.81. The molecule has 1 aromatic rings. The van der Waals surface area contributed by atoms with E-state index in [1.54, 1.807) is 37.3 Å². The summed E-state index contributed by atoms with van der Waals surface area (Å²) >= 11 is 0. The summed E-state index contributed by atoms with van der Waals surface area (Å²) in [4.78, 5) is 41.4. The van der Waals surface area contributed by atoms with Crippen molar-refractivity contribution in [2.75, 3.05) is 45.7 Å². The minimum Gasteiger partial charge on any atom is -0.491 e. The first-order valence-electron chi connectivity index (χ1n) is 11.6. The zero-order valence-electron chi connectivity index (χ0n) is 20.6. The van der Waals surface area contributed by atoms with Gasteiger partial charge in [-0.25, -0.2) is 4.79 Å². The predicted octanol–water partition coefficient (Wildman–Crippen LogP) is 2.96. The summed E-state index contributed by atoms with van der Waals surface area (Å²) in [6.07, 6.45) is 0.989. The van der Waals surface area contributed by atoms with Crippen molar-refractivity contribution >= 4 is 23.5 Å². The van der Waals surface area contributed by atoms with Crippen molar-refractivity contribution in [2.45, 2.75) is 52.7 Å². The van der Waals surface area contributed by atoms with Crippen LogP contribution in [0.3, 0.4) is 0 Å². The molecule has 0 bridgehead atoms. The molecule has 4 amide bonds. The smallest absolute Gasteiger partial charge is 0.319 e. The lowest BCUT2D eigenvalue weighted by molar-refractivity contribution is -0.135. The van der Waals surface area contributed by atoms with Gasteiger partial charge in [0.05, 0.1) is 17.7 Å². The summed E-state index contributed by atoms with van der Waals surface area (Å²) < 4.78 is 11.8. The van der Waals surface area contributed by atoms with Gasteiger partial charge in [0.1, 0.15) is 12.4 Å². The van der Waals surface area contributed by atoms with Crippen LogP contribution in [0, 0.1) is 5.92 Å². The lowest BCUT2D eigenvalue weighted by Crippen LogP contribution is -2.48. The number of ether oxygens (including phenoxy) is 2. The summed E-state index contributed by atoms with van der Waals surface area (Å²) in [5.74, 6) is 0.224. The van der Waals surface area contributed by atoms with E-state index in [1.165, 1.54) is 0 Å². The molecule has 3 atom stereocenters. The highest BCUT2D eigenvalue weighted by molar-refractivity contribution is 5.98. The van der Waals surface area contributed by atoms with E-state index in [4.69, 9.17) is 9.47 Å². The molecule has 2 rings (SSSR count). The molecular formula is C24H38N4O5. The number of hydrogen-bond acceptors (Lipinski definition) is 5. The average molecular weight is 463 g/mol. The van der Waals surface area contributed by atoms with Gasteiger partial charge in [0.15, 0.2) is 0 Å². The summed E-state index contributed by atoms with van der Waals surface area (Å²) in [5, 5.41) is 5.52. The summed E-state index contributed by atoms with van der Waals surface area (Å²) in [5.41, 5.74) is 0.906. The van der Waals surface area contributed by atoms with E-state index >= 15 is 0 Å². The number of anilines is 1. The van der Waals surface area contributed by atoms with Gasteiger partial charge >= 0.3 is 6.03 Å². The molecule has 1 aromatic carbocycles. The van der Waals surface area contributed by atoms with Crippen LogP contribution in [0.2, 0.25) is 0 Å². The Morgan fingerprint density at radius 1 is 1.21 bits per heavy atom. The maximum absolute atomic E-state index is 13.2. The highest BCUT2D eigenvalue weighted by atomic mass is 16.5. The maximum Gasteiger partial charge on any atom is 0.319 e. The number of amides is 4. The molecular weight excluding hydrogens is 424 g/mol. The van der Waals surface area contributed by atoms with Crippen LogP contribution in [0.4, 0.5) is 10.5 Å². The second kappa shape index (κ2) is 12.4. The molecule has 0 aromatic heterocycles. The number of likely N-dealkylation sites (N-methyl/N-ethyl adjacent to an activating group) is 1. The van der Waals surface area contributed by atoms with Crippen LogP contribution in [0.1, 0.15) is 50.9 Å². The quantitative estimate of drug-likeness (QED) is 0.701. The molecule has 1 heterocycles. The molecule has 2 N–H and O–H groups in total. The summed E-state index contributed by atoms with van der Waals surface area (Å²) in [7, 11) is 3.35. The van der Waals surface area contributed by atoms with Crippen LogP contribution in [-0.4, -0.2) is 80.2 Å². The average Bonchev–Trinajstić information content (AvgIpc) is 2.81. The van der Waals surface area contributed by atoms with Crippen molar-refractivity contribution in [1.29, 1.82) is 0 Å². The van der Waals surface area contributed by atoms with Crippen molar-refractivity contribution < 1.29 is 23.9 Å². The topological polar surface area (TPSA) is 100 Å². The fourth-order valence-corrected chi connectivity index (χ4v) is 3.81. The Morgan fingerprint density at radius 2 is 1.94 bits per heavy atom. The van der Waals surface area contributed by atoms with E-state index in [-0.39, 0.29) is 42.5 Å². The van der Waals surface area contributed by atoms with Crippen molar-refractivity contribution in [3.05, 3.63) is 23.8 Å². The Bertz CT molecular complexity index is 831. The third-order valence-electron chi connectivity index (χ3n) is 5.86. The number of carbonyl (C=O) groups excluding carboxylic acids is 3. The SMILES string of the molecule is CCCNC(=O)Nc1ccc2c(c1)OC[C@@H](C)N(C(=O)CC)C[C@H](C)[C@@H](OC)CN(C)C2=O. The van der Waals surface area contributed by atoms with E-state index in [9.17, 15) is 14.4 Å². The molecule has 1 aliphatic rings. The fourth-order valence-electron chi connectivity index (χ4n) is 3.81. The van der Waals surface area contributed by atoms with Crippen molar-refractivity contribution in [3.63, 3.8) is 0 Å². The van der Waals surface area contributed by atoms with Crippen LogP contribution in [0.25, 0.3) is 0 Å². The number of hydrogen-bond donors (Lipinski definition) is 2. The largest absolute Gasteiger partial charge is 0.491 e. The Morgan fingerprint density at radius 3 is 2.58 bits per heavy atom. The first-order valence-corrected chi connectivity index (χ1v) is 11.6. The maximum atomic E-state index is 13.2. The third kappa shape index (κ3) is 7.08. The van der Waals surface area contributed by atoms with Gasteiger partial charge in [0, 0.05) is 57.9 Å². The normalized spacial score (nSPS) is 21.9. The van der Waals surface area contributed by atoms with Crippen LogP contribution in [0.15, 0.2) is 18.2 Å². The monoisotopic (exact) mass is 462 g/mol. The number of fused-ring (bicyclic) bond motifs is 1. The lowest BCUT2D eigenvalue weighted by atomic mass is 10.0. The summed E-state index contributed by atoms with van der Waals surface area (Å²) in [6.45, 7) is 9.43. The Kier molecular flexibility index (Phi) is 9.96. The van der Waals surface area contributed by atoms with E-state index in [1.807, 2.05) is 32.6 Å². The van der Waals surface area contributed by atoms with Crippen LogP contribution < -0.4 is 15.4 Å². The molecule has 184 valence electrons. The second-order valence-electron chi connectivity index (χ2n) is 8.59. The van der Waals surface area contributed by atoms with Gasteiger partial charge in [-0.3, -0.25) is 9.59 Å². The molecule has 1 aliphatic heterocycles. The molecule has 9 nitrogen and oxygen atoms in total. The Labute approximate surface area is 196 Å². The molecule has 0 unspecified atom stereocenters. The lowest BCUT2D eigenvalue weighted by Gasteiger charge is -2.36. The van der Waals surface area contributed by atoms with Crippen molar-refractivity contribution in [3.8, 4) is 5.75 Å². The summed E-state index contributed by atoms with van der Waals surface area (Å²) in [6, 6.07) is 4.45. The first kappa shape index (κ1) is 26.4. The Balaban J connectivity index is 2.39. The van der Waals surface area contributed by atoms with Gasteiger partial charge in [-0.05, 0) is 25.5 Å². The second-order valence-corrected chi connectivity index (χ2v) is 8.59.